The van der Waals surface area contributed by atoms with E-state index < -0.39 is 0 Å². The van der Waals surface area contributed by atoms with Crippen LogP contribution < -0.4 is 5.32 Å². The molecule has 0 heterocycles. The fourth-order valence-corrected chi connectivity index (χ4v) is 2.46. The predicted octanol–water partition coefficient (Wildman–Crippen LogP) is 5.57. The highest BCUT2D eigenvalue weighted by molar-refractivity contribution is 9.10. The van der Waals surface area contributed by atoms with E-state index in [9.17, 15) is 0 Å². The molecule has 1 nitrogen and oxygen atoms in total. The highest BCUT2D eigenvalue weighted by atomic mass is 79.9. The van der Waals surface area contributed by atoms with E-state index in [4.69, 9.17) is 0 Å². The third-order valence-corrected chi connectivity index (χ3v) is 3.97. The van der Waals surface area contributed by atoms with E-state index in [0.29, 0.717) is 5.92 Å². The van der Waals surface area contributed by atoms with Gasteiger partial charge in [-0.15, -0.1) is 0 Å². The van der Waals surface area contributed by atoms with Gasteiger partial charge in [0, 0.05) is 16.7 Å². The van der Waals surface area contributed by atoms with Gasteiger partial charge in [0.15, 0.2) is 0 Å². The number of hydrogen-bond donors (Lipinski definition) is 1. The Bertz CT molecular complexity index is 519. The fourth-order valence-electron chi connectivity index (χ4n) is 2.02. The molecule has 0 aliphatic rings. The summed E-state index contributed by atoms with van der Waals surface area (Å²) in [5.41, 5.74) is 3.86. The van der Waals surface area contributed by atoms with Gasteiger partial charge in [0.2, 0.25) is 0 Å². The van der Waals surface area contributed by atoms with Crippen molar-refractivity contribution in [2.45, 2.75) is 32.7 Å². The zero-order valence-electron chi connectivity index (χ0n) is 11.5. The first kappa shape index (κ1) is 14.1. The average Bonchev–Trinajstić information content (AvgIpc) is 2.45. The molecule has 19 heavy (non-hydrogen) atoms. The van der Waals surface area contributed by atoms with Crippen LogP contribution in [0.1, 0.15) is 37.3 Å². The van der Waals surface area contributed by atoms with E-state index in [1.54, 1.807) is 0 Å². The topological polar surface area (TPSA) is 12.0 Å². The van der Waals surface area contributed by atoms with Crippen molar-refractivity contribution < 1.29 is 0 Å². The normalized spacial score (nSPS) is 12.2. The highest BCUT2D eigenvalue weighted by Gasteiger charge is 2.02. The van der Waals surface area contributed by atoms with Gasteiger partial charge < -0.3 is 5.32 Å². The monoisotopic (exact) mass is 317 g/mol. The lowest BCUT2D eigenvalue weighted by Crippen LogP contribution is -1.99. The second-order valence-corrected chi connectivity index (χ2v) is 5.83. The number of anilines is 1. The lowest BCUT2D eigenvalue weighted by molar-refractivity contribution is 0.734. The van der Waals surface area contributed by atoms with Crippen LogP contribution in [0.25, 0.3) is 0 Å². The maximum absolute atomic E-state index is 3.49. The summed E-state index contributed by atoms with van der Waals surface area (Å²) < 4.78 is 1.12. The lowest BCUT2D eigenvalue weighted by Gasteiger charge is -2.11. The molecule has 2 aromatic carbocycles. The van der Waals surface area contributed by atoms with Gasteiger partial charge in [-0.05, 0) is 47.7 Å². The quantitative estimate of drug-likeness (QED) is 0.759. The number of hydrogen-bond acceptors (Lipinski definition) is 1. The third kappa shape index (κ3) is 4.10. The van der Waals surface area contributed by atoms with Crippen LogP contribution in [-0.2, 0) is 6.54 Å². The smallest absolute Gasteiger partial charge is 0.0401 e. The molecule has 0 bridgehead atoms. The summed E-state index contributed by atoms with van der Waals surface area (Å²) in [7, 11) is 0. The first-order valence-corrected chi connectivity index (χ1v) is 7.56. The van der Waals surface area contributed by atoms with Crippen molar-refractivity contribution in [2.75, 3.05) is 5.32 Å². The highest BCUT2D eigenvalue weighted by Crippen LogP contribution is 2.21. The van der Waals surface area contributed by atoms with Crippen LogP contribution in [0.2, 0.25) is 0 Å². The van der Waals surface area contributed by atoms with Gasteiger partial charge in [-0.25, -0.2) is 0 Å². The minimum absolute atomic E-state index is 0.638. The molecule has 0 aliphatic carbocycles. The van der Waals surface area contributed by atoms with Gasteiger partial charge in [0.25, 0.3) is 0 Å². The van der Waals surface area contributed by atoms with E-state index in [1.165, 1.54) is 23.2 Å². The van der Waals surface area contributed by atoms with Crippen LogP contribution in [0.15, 0.2) is 53.0 Å². The van der Waals surface area contributed by atoms with Crippen LogP contribution in [-0.4, -0.2) is 0 Å². The van der Waals surface area contributed by atoms with Crippen molar-refractivity contribution in [1.82, 2.24) is 0 Å². The molecular weight excluding hydrogens is 298 g/mol. The summed E-state index contributed by atoms with van der Waals surface area (Å²) in [5, 5.41) is 3.45. The Morgan fingerprint density at radius 2 is 1.84 bits per heavy atom. The van der Waals surface area contributed by atoms with Gasteiger partial charge in [-0.3, -0.25) is 0 Å². The summed E-state index contributed by atoms with van der Waals surface area (Å²) in [6, 6.07) is 17.1. The second kappa shape index (κ2) is 6.76. The number of benzene rings is 2. The standard InChI is InChI=1S/C17H20BrN/c1-3-13(2)15-7-9-17(10-8-15)19-12-14-5-4-6-16(18)11-14/h4-11,13,19H,3,12H2,1-2H3. The van der Waals surface area contributed by atoms with Crippen LogP contribution in [0.3, 0.4) is 0 Å². The Morgan fingerprint density at radius 3 is 2.47 bits per heavy atom. The molecule has 0 radical (unpaired) electrons. The minimum atomic E-state index is 0.638. The number of rotatable bonds is 5. The van der Waals surface area contributed by atoms with Crippen molar-refractivity contribution in [3.8, 4) is 0 Å². The van der Waals surface area contributed by atoms with E-state index in [0.717, 1.165) is 11.0 Å². The van der Waals surface area contributed by atoms with Crippen LogP contribution >= 0.6 is 15.9 Å². The molecule has 1 unspecified atom stereocenters. The van der Waals surface area contributed by atoms with Crippen molar-refractivity contribution >= 4 is 21.6 Å². The van der Waals surface area contributed by atoms with Crippen molar-refractivity contribution in [1.29, 1.82) is 0 Å². The molecule has 2 aromatic rings. The van der Waals surface area contributed by atoms with Gasteiger partial charge in [0.1, 0.15) is 0 Å². The Balaban J connectivity index is 1.96. The Morgan fingerprint density at radius 1 is 1.11 bits per heavy atom. The van der Waals surface area contributed by atoms with Crippen molar-refractivity contribution in [3.63, 3.8) is 0 Å². The molecule has 0 amide bonds. The molecule has 1 atom stereocenters. The summed E-state index contributed by atoms with van der Waals surface area (Å²) in [4.78, 5) is 0. The van der Waals surface area contributed by atoms with Crippen molar-refractivity contribution in [3.05, 3.63) is 64.1 Å². The van der Waals surface area contributed by atoms with E-state index in [-0.39, 0.29) is 0 Å². The van der Waals surface area contributed by atoms with E-state index in [2.05, 4.69) is 77.6 Å². The number of halogens is 1. The van der Waals surface area contributed by atoms with E-state index in [1.807, 2.05) is 6.07 Å². The second-order valence-electron chi connectivity index (χ2n) is 4.91. The summed E-state index contributed by atoms with van der Waals surface area (Å²) in [6.45, 7) is 5.34. The molecule has 2 rings (SSSR count). The predicted molar refractivity (Wildman–Crippen MR) is 86.6 cm³/mol. The van der Waals surface area contributed by atoms with Gasteiger partial charge in [0.05, 0.1) is 0 Å². The van der Waals surface area contributed by atoms with Gasteiger partial charge in [-0.1, -0.05) is 54.0 Å². The minimum Gasteiger partial charge on any atom is -0.381 e. The Kier molecular flexibility index (Phi) is 5.03. The number of nitrogens with one attached hydrogen (secondary N) is 1. The van der Waals surface area contributed by atoms with Crippen LogP contribution in [0.4, 0.5) is 5.69 Å². The summed E-state index contributed by atoms with van der Waals surface area (Å²) in [5.74, 6) is 0.638. The van der Waals surface area contributed by atoms with Crippen molar-refractivity contribution in [2.24, 2.45) is 0 Å². The molecule has 100 valence electrons. The maximum atomic E-state index is 3.49. The van der Waals surface area contributed by atoms with Gasteiger partial charge >= 0.3 is 0 Å². The molecule has 1 N–H and O–H groups in total. The Hall–Kier alpha value is -1.28. The Labute approximate surface area is 124 Å². The van der Waals surface area contributed by atoms with Crippen LogP contribution in [0, 0.1) is 0 Å². The van der Waals surface area contributed by atoms with E-state index >= 15 is 0 Å². The van der Waals surface area contributed by atoms with Crippen LogP contribution in [0.5, 0.6) is 0 Å². The average molecular weight is 318 g/mol. The largest absolute Gasteiger partial charge is 0.381 e. The molecule has 2 heteroatoms. The zero-order valence-corrected chi connectivity index (χ0v) is 13.1. The summed E-state index contributed by atoms with van der Waals surface area (Å²) >= 11 is 3.49. The maximum Gasteiger partial charge on any atom is 0.0401 e. The van der Waals surface area contributed by atoms with Gasteiger partial charge in [-0.2, -0.15) is 0 Å². The molecule has 0 aliphatic heterocycles. The molecule has 0 fully saturated rings. The molecule has 0 aromatic heterocycles. The SMILES string of the molecule is CCC(C)c1ccc(NCc2cccc(Br)c2)cc1. The third-order valence-electron chi connectivity index (χ3n) is 3.48. The molecule has 0 spiro atoms. The molecule has 0 saturated heterocycles. The zero-order chi connectivity index (χ0) is 13.7. The first-order valence-electron chi connectivity index (χ1n) is 6.77. The molecular formula is C17H20BrN. The fraction of sp³-hybridized carbons (Fsp3) is 0.294. The summed E-state index contributed by atoms with van der Waals surface area (Å²) in [6.07, 6.45) is 1.19. The lowest BCUT2D eigenvalue weighted by atomic mass is 9.99. The molecule has 0 saturated carbocycles. The first-order chi connectivity index (χ1) is 9.19.